The first-order chi connectivity index (χ1) is 10.2. The van der Waals surface area contributed by atoms with E-state index in [1.807, 2.05) is 24.3 Å². The molecule has 21 heavy (non-hydrogen) atoms. The van der Waals surface area contributed by atoms with Crippen LogP contribution in [-0.4, -0.2) is 5.97 Å². The van der Waals surface area contributed by atoms with Gasteiger partial charge in [0.05, 0.1) is 11.6 Å². The summed E-state index contributed by atoms with van der Waals surface area (Å²) in [6.07, 6.45) is 3.81. The van der Waals surface area contributed by atoms with Gasteiger partial charge in [-0.05, 0) is 35.4 Å². The summed E-state index contributed by atoms with van der Waals surface area (Å²) in [7, 11) is 0. The van der Waals surface area contributed by atoms with Crippen molar-refractivity contribution in [3.8, 4) is 17.9 Å². The summed E-state index contributed by atoms with van der Waals surface area (Å²) in [6.45, 7) is 0. The quantitative estimate of drug-likeness (QED) is 0.373. The molecule has 0 radical (unpaired) electrons. The maximum atomic E-state index is 10.8. The van der Waals surface area contributed by atoms with Gasteiger partial charge in [0, 0.05) is 0 Å². The number of carbonyl (C=O) groups excluding carboxylic acids is 1. The molecule has 2 aromatic carbocycles. The fourth-order valence-corrected chi connectivity index (χ4v) is 1.64. The number of esters is 1. The molecule has 0 aromatic heterocycles. The van der Waals surface area contributed by atoms with Gasteiger partial charge in [-0.25, -0.2) is 4.79 Å². The van der Waals surface area contributed by atoms with Crippen LogP contribution in [0.4, 0.5) is 0 Å². The molecule has 0 saturated carbocycles. The van der Waals surface area contributed by atoms with Crippen LogP contribution < -0.4 is 4.74 Å². The molecular weight excluding hydrogens is 264 g/mol. The Morgan fingerprint density at radius 3 is 1.90 bits per heavy atom. The van der Waals surface area contributed by atoms with E-state index in [0.717, 1.165) is 11.1 Å². The van der Waals surface area contributed by atoms with E-state index in [1.54, 1.807) is 36.4 Å². The molecule has 0 aliphatic carbocycles. The third-order valence-electron chi connectivity index (χ3n) is 2.69. The van der Waals surface area contributed by atoms with Crippen molar-refractivity contribution in [1.82, 2.24) is 0 Å². The summed E-state index contributed by atoms with van der Waals surface area (Å²) in [5.41, 5.74) is 2.53. The monoisotopic (exact) mass is 274 g/mol. The summed E-state index contributed by atoms with van der Waals surface area (Å²) in [4.78, 5) is 10.8. The maximum Gasteiger partial charge on any atom is 0.416 e. The van der Waals surface area contributed by atoms with Crippen molar-refractivity contribution < 1.29 is 9.53 Å². The Bertz CT molecular complexity index is 745. The molecule has 0 heterocycles. The Morgan fingerprint density at radius 1 is 0.905 bits per heavy atom. The first-order valence-electron chi connectivity index (χ1n) is 6.11. The molecule has 0 N–H and O–H groups in total. The molecule has 4 nitrogen and oxygen atoms in total. The minimum atomic E-state index is -0.934. The van der Waals surface area contributed by atoms with Gasteiger partial charge in [-0.2, -0.15) is 10.5 Å². The van der Waals surface area contributed by atoms with Gasteiger partial charge in [0.25, 0.3) is 0 Å². The summed E-state index contributed by atoms with van der Waals surface area (Å²) >= 11 is 0. The Kier molecular flexibility index (Phi) is 4.48. The summed E-state index contributed by atoms with van der Waals surface area (Å²) in [6, 6.07) is 17.5. The number of ether oxygens (including phenoxy) is 1. The molecule has 0 saturated heterocycles. The summed E-state index contributed by atoms with van der Waals surface area (Å²) < 4.78 is 4.75. The van der Waals surface area contributed by atoms with Gasteiger partial charge >= 0.3 is 5.97 Å². The molecule has 0 aliphatic heterocycles. The van der Waals surface area contributed by atoms with E-state index < -0.39 is 5.97 Å². The molecule has 100 valence electrons. The average molecular weight is 274 g/mol. The van der Waals surface area contributed by atoms with Crippen molar-refractivity contribution in [2.24, 2.45) is 0 Å². The first kappa shape index (κ1) is 14.0. The number of hydrogen-bond donors (Lipinski definition) is 0. The van der Waals surface area contributed by atoms with Crippen LogP contribution in [0.2, 0.25) is 0 Å². The van der Waals surface area contributed by atoms with E-state index in [9.17, 15) is 4.79 Å². The van der Waals surface area contributed by atoms with Crippen LogP contribution in [0.1, 0.15) is 16.7 Å². The van der Waals surface area contributed by atoms with Gasteiger partial charge in [0.15, 0.2) is 6.07 Å². The maximum absolute atomic E-state index is 10.8. The first-order valence-corrected chi connectivity index (χ1v) is 6.11. The van der Waals surface area contributed by atoms with E-state index in [4.69, 9.17) is 15.3 Å². The lowest BCUT2D eigenvalue weighted by molar-refractivity contribution is -0.128. The van der Waals surface area contributed by atoms with Gasteiger partial charge in [0.2, 0.25) is 0 Å². The molecule has 0 fully saturated rings. The van der Waals surface area contributed by atoms with Crippen molar-refractivity contribution in [1.29, 1.82) is 10.5 Å². The number of carbonyl (C=O) groups is 1. The molecule has 0 unspecified atom stereocenters. The minimum absolute atomic E-state index is 0.331. The molecule has 0 bridgehead atoms. The Balaban J connectivity index is 2.05. The predicted molar refractivity (Wildman–Crippen MR) is 77.8 cm³/mol. The molecule has 2 rings (SSSR count). The zero-order valence-corrected chi connectivity index (χ0v) is 11.0. The highest BCUT2D eigenvalue weighted by Gasteiger charge is 2.01. The molecule has 0 amide bonds. The standard InChI is InChI=1S/C17H10N2O2/c18-11-15-5-3-13(4-6-15)1-2-14-7-9-16(10-8-14)21-17(20)12-19/h1-10H. The van der Waals surface area contributed by atoms with E-state index in [1.165, 1.54) is 6.07 Å². The Hall–Kier alpha value is -3.37. The fourth-order valence-electron chi connectivity index (χ4n) is 1.64. The fraction of sp³-hybridized carbons (Fsp3) is 0. The van der Waals surface area contributed by atoms with Crippen LogP contribution in [-0.2, 0) is 4.79 Å². The number of benzene rings is 2. The van der Waals surface area contributed by atoms with Gasteiger partial charge < -0.3 is 4.74 Å². The van der Waals surface area contributed by atoms with Crippen LogP contribution in [0.5, 0.6) is 5.75 Å². The molecule has 0 spiro atoms. The average Bonchev–Trinajstić information content (AvgIpc) is 2.54. The van der Waals surface area contributed by atoms with Crippen LogP contribution in [0.25, 0.3) is 12.2 Å². The highest BCUT2D eigenvalue weighted by atomic mass is 16.5. The molecule has 2 aromatic rings. The van der Waals surface area contributed by atoms with Crippen molar-refractivity contribution in [3.05, 3.63) is 65.2 Å². The smallest absolute Gasteiger partial charge is 0.415 e. The van der Waals surface area contributed by atoms with Crippen molar-refractivity contribution in [2.45, 2.75) is 0 Å². The second-order valence-electron chi connectivity index (χ2n) is 4.14. The van der Waals surface area contributed by atoms with Gasteiger partial charge in [0.1, 0.15) is 5.75 Å². The van der Waals surface area contributed by atoms with Gasteiger partial charge in [-0.1, -0.05) is 36.4 Å². The number of nitrogens with zero attached hydrogens (tertiary/aromatic N) is 2. The molecule has 4 heteroatoms. The van der Waals surface area contributed by atoms with Crippen LogP contribution >= 0.6 is 0 Å². The topological polar surface area (TPSA) is 73.9 Å². The third kappa shape index (κ3) is 4.05. The van der Waals surface area contributed by atoms with E-state index in [2.05, 4.69) is 6.07 Å². The lowest BCUT2D eigenvalue weighted by Crippen LogP contribution is -2.03. The number of rotatable bonds is 3. The van der Waals surface area contributed by atoms with Crippen LogP contribution in [0.15, 0.2) is 48.5 Å². The van der Waals surface area contributed by atoms with Gasteiger partial charge in [-0.3, -0.25) is 0 Å². The highest BCUT2D eigenvalue weighted by Crippen LogP contribution is 2.15. The van der Waals surface area contributed by atoms with Crippen molar-refractivity contribution in [3.63, 3.8) is 0 Å². The van der Waals surface area contributed by atoms with E-state index in [-0.39, 0.29) is 0 Å². The highest BCUT2D eigenvalue weighted by molar-refractivity contribution is 5.87. The summed E-state index contributed by atoms with van der Waals surface area (Å²) in [5.74, 6) is -0.604. The van der Waals surface area contributed by atoms with Crippen molar-refractivity contribution >= 4 is 18.1 Å². The zero-order valence-electron chi connectivity index (χ0n) is 11.0. The largest absolute Gasteiger partial charge is 0.416 e. The predicted octanol–water partition coefficient (Wildman–Crippen LogP) is 3.16. The SMILES string of the molecule is N#CC(=O)Oc1ccc(C=Cc2ccc(C#N)cc2)cc1. The summed E-state index contributed by atoms with van der Waals surface area (Å²) in [5, 5.41) is 17.1. The zero-order chi connectivity index (χ0) is 15.1. The lowest BCUT2D eigenvalue weighted by atomic mass is 10.1. The lowest BCUT2D eigenvalue weighted by Gasteiger charge is -2.00. The molecule has 0 aliphatic rings. The second kappa shape index (κ2) is 6.70. The number of hydrogen-bond acceptors (Lipinski definition) is 4. The van der Waals surface area contributed by atoms with Gasteiger partial charge in [-0.15, -0.1) is 0 Å². The Morgan fingerprint density at radius 2 is 1.43 bits per heavy atom. The Labute approximate surface area is 122 Å². The van der Waals surface area contributed by atoms with E-state index >= 15 is 0 Å². The second-order valence-corrected chi connectivity index (χ2v) is 4.14. The molecular formula is C17H10N2O2. The normalized spacial score (nSPS) is 9.81. The third-order valence-corrected chi connectivity index (χ3v) is 2.69. The van der Waals surface area contributed by atoms with Crippen LogP contribution in [0, 0.1) is 22.7 Å². The minimum Gasteiger partial charge on any atom is -0.415 e. The van der Waals surface area contributed by atoms with Crippen molar-refractivity contribution in [2.75, 3.05) is 0 Å². The molecule has 0 atom stereocenters. The van der Waals surface area contributed by atoms with E-state index in [0.29, 0.717) is 11.3 Å². The number of nitriles is 2. The van der Waals surface area contributed by atoms with Crippen LogP contribution in [0.3, 0.4) is 0 Å².